The predicted octanol–water partition coefficient (Wildman–Crippen LogP) is 4.59. The average molecular weight is 326 g/mol. The van der Waals surface area contributed by atoms with Gasteiger partial charge in [-0.05, 0) is 55.1 Å². The number of rotatable bonds is 3. The van der Waals surface area contributed by atoms with Crippen LogP contribution in [0.3, 0.4) is 0 Å². The maximum Gasteiger partial charge on any atom is 0.203 e. The fraction of sp³-hybridized carbons (Fsp3) is 0.562. The van der Waals surface area contributed by atoms with Crippen LogP contribution >= 0.6 is 23.2 Å². The zero-order valence-electron chi connectivity index (χ0n) is 12.7. The Bertz CT molecular complexity index is 663. The lowest BCUT2D eigenvalue weighted by atomic mass is 10.1. The molecule has 1 atom stereocenters. The molecule has 5 heteroatoms. The number of halogens is 2. The van der Waals surface area contributed by atoms with Crippen LogP contribution in [0.4, 0.5) is 0 Å². The maximum atomic E-state index is 6.33. The Kier molecular flexibility index (Phi) is 4.17. The Labute approximate surface area is 135 Å². The molecule has 0 bridgehead atoms. The normalized spacial score (nSPS) is 19.4. The van der Waals surface area contributed by atoms with E-state index in [2.05, 4.69) is 41.3 Å². The van der Waals surface area contributed by atoms with E-state index in [-0.39, 0.29) is 0 Å². The quantitative estimate of drug-likeness (QED) is 0.822. The second kappa shape index (κ2) is 5.79. The minimum Gasteiger partial charge on any atom is -0.313 e. The average Bonchev–Trinajstić information content (AvgIpc) is 2.61. The van der Waals surface area contributed by atoms with E-state index in [0.29, 0.717) is 17.2 Å². The summed E-state index contributed by atoms with van der Waals surface area (Å²) in [6.07, 6.45) is 1.20. The van der Waals surface area contributed by atoms with Crippen molar-refractivity contribution in [1.29, 1.82) is 0 Å². The fourth-order valence-corrected chi connectivity index (χ4v) is 3.53. The predicted molar refractivity (Wildman–Crippen MR) is 89.1 cm³/mol. The van der Waals surface area contributed by atoms with Gasteiger partial charge in [0.2, 0.25) is 5.28 Å². The van der Waals surface area contributed by atoms with Gasteiger partial charge in [-0.15, -0.1) is 0 Å². The second-order valence-corrected chi connectivity index (χ2v) is 7.20. The molecule has 1 aromatic carbocycles. The number of benzene rings is 1. The van der Waals surface area contributed by atoms with Gasteiger partial charge in [0.1, 0.15) is 0 Å². The van der Waals surface area contributed by atoms with Crippen LogP contribution in [-0.2, 0) is 13.1 Å². The summed E-state index contributed by atoms with van der Waals surface area (Å²) >= 11 is 12.6. The van der Waals surface area contributed by atoms with Crippen LogP contribution in [0.1, 0.15) is 32.8 Å². The van der Waals surface area contributed by atoms with Gasteiger partial charge in [0.15, 0.2) is 0 Å². The molecule has 1 aromatic heterocycles. The Hall–Kier alpha value is -0.770. The summed E-state index contributed by atoms with van der Waals surface area (Å²) in [7, 11) is 0. The highest BCUT2D eigenvalue weighted by Crippen LogP contribution is 2.31. The molecular weight excluding hydrogens is 305 g/mol. The van der Waals surface area contributed by atoms with Gasteiger partial charge in [0.25, 0.3) is 0 Å². The molecule has 2 heterocycles. The van der Waals surface area contributed by atoms with E-state index in [0.717, 1.165) is 35.7 Å². The first-order valence-electron chi connectivity index (χ1n) is 7.54. The van der Waals surface area contributed by atoms with Gasteiger partial charge in [-0.1, -0.05) is 25.4 Å². The van der Waals surface area contributed by atoms with Crippen molar-refractivity contribution in [2.24, 2.45) is 5.92 Å². The van der Waals surface area contributed by atoms with Gasteiger partial charge >= 0.3 is 0 Å². The van der Waals surface area contributed by atoms with Crippen LogP contribution in [0.2, 0.25) is 10.3 Å². The minimum absolute atomic E-state index is 0.435. The Morgan fingerprint density at radius 1 is 1.33 bits per heavy atom. The third kappa shape index (κ3) is 2.92. The summed E-state index contributed by atoms with van der Waals surface area (Å²) in [6, 6.07) is 4.39. The van der Waals surface area contributed by atoms with Crippen molar-refractivity contribution in [2.75, 3.05) is 6.54 Å². The molecule has 0 saturated carbocycles. The van der Waals surface area contributed by atoms with Crippen LogP contribution in [0.15, 0.2) is 12.1 Å². The number of imidazole rings is 1. The van der Waals surface area contributed by atoms with E-state index >= 15 is 0 Å². The van der Waals surface area contributed by atoms with Crippen molar-refractivity contribution in [1.82, 2.24) is 14.5 Å². The molecule has 3 rings (SSSR count). The summed E-state index contributed by atoms with van der Waals surface area (Å²) in [5.74, 6) is 0.712. The lowest BCUT2D eigenvalue weighted by Gasteiger charge is -2.28. The summed E-state index contributed by atoms with van der Waals surface area (Å²) in [6.45, 7) is 9.68. The van der Waals surface area contributed by atoms with E-state index in [1.165, 1.54) is 12.0 Å². The van der Waals surface area contributed by atoms with Crippen LogP contribution in [0.5, 0.6) is 0 Å². The van der Waals surface area contributed by atoms with Gasteiger partial charge in [0.05, 0.1) is 11.0 Å². The molecule has 114 valence electrons. The molecule has 0 fully saturated rings. The van der Waals surface area contributed by atoms with Crippen molar-refractivity contribution in [2.45, 2.75) is 46.3 Å². The standard InChI is InChI=1S/C16H21Cl2N3/c1-10(2)4-5-20-9-12-6-13(17)7-14-15(12)21(8-11(20)3)16(18)19-14/h6-7,10-11H,4-5,8-9H2,1-3H3/t11-/m0/s1. The molecule has 0 radical (unpaired) electrons. The van der Waals surface area contributed by atoms with Crippen molar-refractivity contribution in [3.63, 3.8) is 0 Å². The van der Waals surface area contributed by atoms with E-state index in [9.17, 15) is 0 Å². The SMILES string of the molecule is CC(C)CCN1Cc2cc(Cl)cc3nc(Cl)n(c23)C[C@@H]1C. The molecular formula is C16H21Cl2N3. The lowest BCUT2D eigenvalue weighted by Crippen LogP contribution is -2.35. The molecule has 1 aliphatic rings. The van der Waals surface area contributed by atoms with Crippen LogP contribution in [-0.4, -0.2) is 27.0 Å². The van der Waals surface area contributed by atoms with Crippen molar-refractivity contribution in [3.8, 4) is 0 Å². The summed E-state index contributed by atoms with van der Waals surface area (Å²) in [5.41, 5.74) is 3.27. The molecule has 0 unspecified atom stereocenters. The Balaban J connectivity index is 2.01. The zero-order chi connectivity index (χ0) is 15.1. The van der Waals surface area contributed by atoms with Crippen molar-refractivity contribution >= 4 is 34.2 Å². The van der Waals surface area contributed by atoms with Crippen LogP contribution in [0, 0.1) is 5.92 Å². The smallest absolute Gasteiger partial charge is 0.203 e. The largest absolute Gasteiger partial charge is 0.313 e. The van der Waals surface area contributed by atoms with Gasteiger partial charge in [-0.3, -0.25) is 4.90 Å². The number of hydrogen-bond acceptors (Lipinski definition) is 2. The minimum atomic E-state index is 0.435. The van der Waals surface area contributed by atoms with E-state index in [1.54, 1.807) is 0 Å². The molecule has 0 saturated heterocycles. The summed E-state index contributed by atoms with van der Waals surface area (Å²) in [4.78, 5) is 6.97. The number of aromatic nitrogens is 2. The van der Waals surface area contributed by atoms with Crippen LogP contribution in [0.25, 0.3) is 11.0 Å². The third-order valence-electron chi connectivity index (χ3n) is 4.28. The van der Waals surface area contributed by atoms with Gasteiger partial charge in [-0.2, -0.15) is 0 Å². The van der Waals surface area contributed by atoms with Gasteiger partial charge in [0, 0.05) is 24.2 Å². The Morgan fingerprint density at radius 2 is 2.10 bits per heavy atom. The number of hydrogen-bond donors (Lipinski definition) is 0. The monoisotopic (exact) mass is 325 g/mol. The molecule has 0 spiro atoms. The maximum absolute atomic E-state index is 6.33. The first-order chi connectivity index (χ1) is 9.95. The highest BCUT2D eigenvalue weighted by atomic mass is 35.5. The van der Waals surface area contributed by atoms with Crippen molar-refractivity contribution < 1.29 is 0 Å². The lowest BCUT2D eigenvalue weighted by molar-refractivity contribution is 0.180. The first-order valence-corrected chi connectivity index (χ1v) is 8.29. The van der Waals surface area contributed by atoms with Gasteiger partial charge in [-0.25, -0.2) is 4.98 Å². The topological polar surface area (TPSA) is 21.1 Å². The van der Waals surface area contributed by atoms with Crippen molar-refractivity contribution in [3.05, 3.63) is 28.0 Å². The second-order valence-electron chi connectivity index (χ2n) is 6.43. The fourth-order valence-electron chi connectivity index (χ4n) is 3.05. The van der Waals surface area contributed by atoms with Gasteiger partial charge < -0.3 is 4.57 Å². The molecule has 0 aliphatic carbocycles. The van der Waals surface area contributed by atoms with E-state index in [1.807, 2.05) is 6.07 Å². The first kappa shape index (κ1) is 15.1. The zero-order valence-corrected chi connectivity index (χ0v) is 14.2. The van der Waals surface area contributed by atoms with E-state index in [4.69, 9.17) is 23.2 Å². The van der Waals surface area contributed by atoms with E-state index < -0.39 is 0 Å². The van der Waals surface area contributed by atoms with Crippen LogP contribution < -0.4 is 0 Å². The molecule has 2 aromatic rings. The Morgan fingerprint density at radius 3 is 2.81 bits per heavy atom. The highest BCUT2D eigenvalue weighted by Gasteiger charge is 2.24. The summed E-state index contributed by atoms with van der Waals surface area (Å²) in [5, 5.41) is 1.29. The molecule has 3 nitrogen and oxygen atoms in total. The molecule has 21 heavy (non-hydrogen) atoms. The third-order valence-corrected chi connectivity index (χ3v) is 4.78. The molecule has 0 N–H and O–H groups in total. The number of nitrogens with zero attached hydrogens (tertiary/aromatic N) is 3. The highest BCUT2D eigenvalue weighted by molar-refractivity contribution is 6.32. The molecule has 1 aliphatic heterocycles. The summed E-state index contributed by atoms with van der Waals surface area (Å²) < 4.78 is 2.13. The molecule has 0 amide bonds.